The van der Waals surface area contributed by atoms with Crippen LogP contribution in [0.3, 0.4) is 0 Å². The Morgan fingerprint density at radius 2 is 2.20 bits per heavy atom. The first-order chi connectivity index (χ1) is 7.31. The van der Waals surface area contributed by atoms with Crippen molar-refractivity contribution in [3.63, 3.8) is 0 Å². The number of hydrogen-bond acceptors (Lipinski definition) is 2. The van der Waals surface area contributed by atoms with Gasteiger partial charge in [0.15, 0.2) is 6.29 Å². The zero-order valence-electron chi connectivity index (χ0n) is 7.70. The first-order valence-corrected chi connectivity index (χ1v) is 4.68. The van der Waals surface area contributed by atoms with Gasteiger partial charge in [0.2, 0.25) is 0 Å². The predicted octanol–water partition coefficient (Wildman–Crippen LogP) is 2.44. The van der Waals surface area contributed by atoms with Crippen LogP contribution >= 0.6 is 11.6 Å². The third kappa shape index (κ3) is 1.98. The molecule has 0 atom stereocenters. The molecule has 0 amide bonds. The van der Waals surface area contributed by atoms with Crippen LogP contribution < -0.4 is 0 Å². The molecule has 15 heavy (non-hydrogen) atoms. The molecule has 0 radical (unpaired) electrons. The van der Waals surface area contributed by atoms with Crippen LogP contribution in [0, 0.1) is 11.8 Å². The Balaban J connectivity index is 2.64. The fourth-order valence-corrected chi connectivity index (χ4v) is 1.51. The van der Waals surface area contributed by atoms with Gasteiger partial charge >= 0.3 is 0 Å². The molecule has 0 saturated carbocycles. The summed E-state index contributed by atoms with van der Waals surface area (Å²) < 4.78 is 0. The number of carbonyl (C=O) groups excluding carboxylic acids is 1. The van der Waals surface area contributed by atoms with Crippen LogP contribution in [0.5, 0.6) is 0 Å². The lowest BCUT2D eigenvalue weighted by Crippen LogP contribution is -1.81. The normalized spacial score (nSPS) is 9.40. The highest BCUT2D eigenvalue weighted by molar-refractivity contribution is 6.35. The third-order valence-electron chi connectivity index (χ3n) is 1.96. The zero-order chi connectivity index (χ0) is 10.7. The predicted molar refractivity (Wildman–Crippen MR) is 59.7 cm³/mol. The first-order valence-electron chi connectivity index (χ1n) is 4.31. The van der Waals surface area contributed by atoms with Crippen molar-refractivity contribution in [1.82, 2.24) is 4.98 Å². The first kappa shape index (κ1) is 9.70. The van der Waals surface area contributed by atoms with Crippen molar-refractivity contribution in [3.05, 3.63) is 41.0 Å². The minimum Gasteiger partial charge on any atom is -0.289 e. The highest BCUT2D eigenvalue weighted by atomic mass is 35.5. The SMILES string of the molecule is O=CC#Cc1ccc2nccc(Cl)c2c1. The number of halogens is 1. The summed E-state index contributed by atoms with van der Waals surface area (Å²) in [7, 11) is 0. The van der Waals surface area contributed by atoms with Gasteiger partial charge in [0.1, 0.15) is 0 Å². The number of aromatic nitrogens is 1. The molecule has 0 unspecified atom stereocenters. The second kappa shape index (κ2) is 4.12. The summed E-state index contributed by atoms with van der Waals surface area (Å²) in [5.74, 6) is 5.06. The van der Waals surface area contributed by atoms with Crippen molar-refractivity contribution < 1.29 is 4.79 Å². The lowest BCUT2D eigenvalue weighted by Gasteiger charge is -1.99. The number of pyridine rings is 1. The molecule has 2 rings (SSSR count). The average molecular weight is 216 g/mol. The van der Waals surface area contributed by atoms with Gasteiger partial charge in [-0.25, -0.2) is 0 Å². The van der Waals surface area contributed by atoms with E-state index in [1.54, 1.807) is 12.3 Å². The zero-order valence-corrected chi connectivity index (χ0v) is 8.45. The molecule has 0 saturated heterocycles. The topological polar surface area (TPSA) is 30.0 Å². The second-order valence-corrected chi connectivity index (χ2v) is 3.32. The lowest BCUT2D eigenvalue weighted by molar-refractivity contribution is -0.103. The largest absolute Gasteiger partial charge is 0.289 e. The van der Waals surface area contributed by atoms with E-state index in [-0.39, 0.29) is 0 Å². The van der Waals surface area contributed by atoms with Crippen molar-refractivity contribution in [2.75, 3.05) is 0 Å². The lowest BCUT2D eigenvalue weighted by atomic mass is 10.1. The number of nitrogens with zero attached hydrogens (tertiary/aromatic N) is 1. The van der Waals surface area contributed by atoms with Gasteiger partial charge in [-0.2, -0.15) is 0 Å². The van der Waals surface area contributed by atoms with Gasteiger partial charge < -0.3 is 0 Å². The smallest absolute Gasteiger partial charge is 0.193 e. The van der Waals surface area contributed by atoms with Crippen molar-refractivity contribution in [1.29, 1.82) is 0 Å². The van der Waals surface area contributed by atoms with Crippen LogP contribution in [-0.2, 0) is 4.79 Å². The van der Waals surface area contributed by atoms with Crippen LogP contribution in [0.1, 0.15) is 5.56 Å². The molecule has 2 aromatic rings. The van der Waals surface area contributed by atoms with E-state index in [0.717, 1.165) is 16.5 Å². The van der Waals surface area contributed by atoms with Gasteiger partial charge in [-0.05, 0) is 30.2 Å². The fraction of sp³-hybridized carbons (Fsp3) is 0. The minimum atomic E-state index is 0.565. The summed E-state index contributed by atoms with van der Waals surface area (Å²) in [6.45, 7) is 0. The molecule has 72 valence electrons. The maximum Gasteiger partial charge on any atom is 0.193 e. The number of benzene rings is 1. The summed E-state index contributed by atoms with van der Waals surface area (Å²) in [4.78, 5) is 14.3. The van der Waals surface area contributed by atoms with E-state index in [9.17, 15) is 4.79 Å². The van der Waals surface area contributed by atoms with Crippen molar-refractivity contribution in [2.24, 2.45) is 0 Å². The maximum atomic E-state index is 10.1. The Hall–Kier alpha value is -1.85. The van der Waals surface area contributed by atoms with E-state index in [0.29, 0.717) is 11.3 Å². The molecular weight excluding hydrogens is 210 g/mol. The van der Waals surface area contributed by atoms with Crippen LogP contribution in [0.2, 0.25) is 5.02 Å². The van der Waals surface area contributed by atoms with E-state index in [1.165, 1.54) is 0 Å². The van der Waals surface area contributed by atoms with E-state index in [2.05, 4.69) is 16.8 Å². The summed E-state index contributed by atoms with van der Waals surface area (Å²) in [5.41, 5.74) is 1.57. The Kier molecular flexibility index (Phi) is 2.66. The molecule has 3 heteroatoms. The van der Waals surface area contributed by atoms with Crippen molar-refractivity contribution in [2.45, 2.75) is 0 Å². The monoisotopic (exact) mass is 215 g/mol. The fourth-order valence-electron chi connectivity index (χ4n) is 1.30. The second-order valence-electron chi connectivity index (χ2n) is 2.91. The molecule has 0 fully saturated rings. The van der Waals surface area contributed by atoms with E-state index in [4.69, 9.17) is 11.6 Å². The number of hydrogen-bond donors (Lipinski definition) is 0. The Morgan fingerprint density at radius 1 is 1.33 bits per heavy atom. The standard InChI is InChI=1S/C12H6ClNO/c13-11-5-6-14-12-4-3-9(2-1-7-15)8-10(11)12/h3-8H. The Morgan fingerprint density at radius 3 is 3.00 bits per heavy atom. The maximum absolute atomic E-state index is 10.1. The average Bonchev–Trinajstić information content (AvgIpc) is 2.27. The van der Waals surface area contributed by atoms with E-state index < -0.39 is 0 Å². The van der Waals surface area contributed by atoms with Crippen LogP contribution in [0.4, 0.5) is 0 Å². The summed E-state index contributed by atoms with van der Waals surface area (Å²) in [5, 5.41) is 1.48. The highest BCUT2D eigenvalue weighted by Gasteiger charge is 1.99. The van der Waals surface area contributed by atoms with Gasteiger partial charge in [-0.15, -0.1) is 0 Å². The quantitative estimate of drug-likeness (QED) is 0.499. The highest BCUT2D eigenvalue weighted by Crippen LogP contribution is 2.21. The molecule has 1 heterocycles. The summed E-state index contributed by atoms with van der Waals surface area (Å²) >= 11 is 6.01. The van der Waals surface area contributed by atoms with Gasteiger partial charge in [0.05, 0.1) is 10.5 Å². The molecule has 2 nitrogen and oxygen atoms in total. The van der Waals surface area contributed by atoms with E-state index >= 15 is 0 Å². The Bertz CT molecular complexity index is 581. The van der Waals surface area contributed by atoms with Gasteiger partial charge in [0.25, 0.3) is 0 Å². The molecule has 1 aromatic heterocycles. The van der Waals surface area contributed by atoms with Crippen molar-refractivity contribution in [3.8, 4) is 11.8 Å². The molecular formula is C12H6ClNO. The third-order valence-corrected chi connectivity index (χ3v) is 2.29. The number of rotatable bonds is 0. The van der Waals surface area contributed by atoms with Gasteiger partial charge in [-0.3, -0.25) is 9.78 Å². The summed E-state index contributed by atoms with van der Waals surface area (Å²) in [6, 6.07) is 7.18. The number of fused-ring (bicyclic) bond motifs is 1. The molecule has 0 spiro atoms. The summed E-state index contributed by atoms with van der Waals surface area (Å²) in [6.07, 6.45) is 2.22. The van der Waals surface area contributed by atoms with Crippen LogP contribution in [0.15, 0.2) is 30.5 Å². The molecule has 0 bridgehead atoms. The van der Waals surface area contributed by atoms with Gasteiger partial charge in [-0.1, -0.05) is 17.5 Å². The van der Waals surface area contributed by atoms with Crippen LogP contribution in [-0.4, -0.2) is 11.3 Å². The van der Waals surface area contributed by atoms with Crippen molar-refractivity contribution >= 4 is 28.8 Å². The molecule has 0 aliphatic carbocycles. The van der Waals surface area contributed by atoms with Gasteiger partial charge in [0, 0.05) is 17.1 Å². The van der Waals surface area contributed by atoms with Crippen LogP contribution in [0.25, 0.3) is 10.9 Å². The Labute approximate surface area is 91.9 Å². The molecule has 0 aliphatic heterocycles. The molecule has 1 aromatic carbocycles. The number of carbonyl (C=O) groups is 1. The number of aldehydes is 1. The molecule has 0 aliphatic rings. The molecule has 0 N–H and O–H groups in total. The minimum absolute atomic E-state index is 0.565. The van der Waals surface area contributed by atoms with E-state index in [1.807, 2.05) is 18.2 Å².